The molecule has 0 radical (unpaired) electrons. The first-order valence-corrected chi connectivity index (χ1v) is 5.03. The molecule has 2 aromatic rings. The molecule has 1 aromatic heterocycles. The minimum atomic E-state index is 0.295. The van der Waals surface area contributed by atoms with Crippen LogP contribution in [0, 0.1) is 6.92 Å². The topological polar surface area (TPSA) is 95.9 Å². The maximum absolute atomic E-state index is 5.93. The van der Waals surface area contributed by atoms with Crippen LogP contribution in [0.15, 0.2) is 24.3 Å². The number of anilines is 2. The smallest absolute Gasteiger partial charge is 0.152 e. The van der Waals surface area contributed by atoms with Gasteiger partial charge in [0, 0.05) is 6.54 Å². The second-order valence-corrected chi connectivity index (χ2v) is 3.70. The van der Waals surface area contributed by atoms with Crippen molar-refractivity contribution >= 4 is 11.6 Å². The average Bonchev–Trinajstić information content (AvgIpc) is 2.55. The molecule has 0 fully saturated rings. The number of hydrogen-bond acceptors (Lipinski definition) is 4. The number of hydrogen-bond donors (Lipinski definition) is 3. The Kier molecular flexibility index (Phi) is 2.54. The van der Waals surface area contributed by atoms with E-state index in [0.717, 1.165) is 5.69 Å². The lowest BCUT2D eigenvalue weighted by molar-refractivity contribution is 0.895. The Morgan fingerprint density at radius 3 is 2.31 bits per heavy atom. The number of nitrogens with zero attached hydrogens (tertiary/aromatic N) is 2. The number of nitrogen functional groups attached to an aromatic ring is 2. The third-order valence-corrected chi connectivity index (χ3v) is 2.54. The number of nitrogens with two attached hydrogens (primary N) is 3. The summed E-state index contributed by atoms with van der Waals surface area (Å²) in [4.78, 5) is 0. The molecule has 0 saturated carbocycles. The van der Waals surface area contributed by atoms with Crippen LogP contribution in [0.25, 0.3) is 5.69 Å². The summed E-state index contributed by atoms with van der Waals surface area (Å²) in [6.45, 7) is 2.32. The van der Waals surface area contributed by atoms with Crippen molar-refractivity contribution in [1.82, 2.24) is 9.78 Å². The normalized spacial score (nSPS) is 10.6. The summed E-state index contributed by atoms with van der Waals surface area (Å²) in [6, 6.07) is 7.88. The zero-order valence-electron chi connectivity index (χ0n) is 9.14. The summed E-state index contributed by atoms with van der Waals surface area (Å²) in [5.74, 6) is 0.893. The van der Waals surface area contributed by atoms with E-state index >= 15 is 0 Å². The summed E-state index contributed by atoms with van der Waals surface area (Å²) in [6.07, 6.45) is 0. The first kappa shape index (κ1) is 10.5. The van der Waals surface area contributed by atoms with E-state index < -0.39 is 0 Å². The zero-order valence-corrected chi connectivity index (χ0v) is 9.14. The Bertz CT molecular complexity index is 498. The van der Waals surface area contributed by atoms with E-state index in [9.17, 15) is 0 Å². The maximum Gasteiger partial charge on any atom is 0.152 e. The van der Waals surface area contributed by atoms with Gasteiger partial charge >= 0.3 is 0 Å². The molecule has 84 valence electrons. The molecule has 0 aliphatic heterocycles. The van der Waals surface area contributed by atoms with E-state index in [4.69, 9.17) is 17.2 Å². The van der Waals surface area contributed by atoms with Crippen LogP contribution < -0.4 is 17.2 Å². The lowest BCUT2D eigenvalue weighted by atomic mass is 10.2. The Hall–Kier alpha value is -2.01. The lowest BCUT2D eigenvalue weighted by Crippen LogP contribution is -2.05. The fourth-order valence-electron chi connectivity index (χ4n) is 1.57. The standard InChI is InChI=1S/C11H15N5/c1-7-2-4-8(5-3-7)16-11(14)9(6-12)10(13)15-16/h2-5H,6,12,14H2,1H3,(H2,13,15). The van der Waals surface area contributed by atoms with Crippen molar-refractivity contribution in [3.05, 3.63) is 35.4 Å². The van der Waals surface area contributed by atoms with Crippen LogP contribution in [0.4, 0.5) is 11.6 Å². The monoisotopic (exact) mass is 217 g/mol. The van der Waals surface area contributed by atoms with Crippen molar-refractivity contribution in [3.8, 4) is 5.69 Å². The van der Waals surface area contributed by atoms with Gasteiger partial charge in [0.1, 0.15) is 5.82 Å². The molecule has 5 heteroatoms. The van der Waals surface area contributed by atoms with Gasteiger partial charge in [-0.2, -0.15) is 0 Å². The van der Waals surface area contributed by atoms with Crippen molar-refractivity contribution in [1.29, 1.82) is 0 Å². The molecule has 6 N–H and O–H groups in total. The third kappa shape index (κ3) is 1.61. The largest absolute Gasteiger partial charge is 0.383 e. The Labute approximate surface area is 93.8 Å². The molecule has 0 unspecified atom stereocenters. The molecular weight excluding hydrogens is 202 g/mol. The molecular formula is C11H15N5. The maximum atomic E-state index is 5.93. The van der Waals surface area contributed by atoms with Crippen molar-refractivity contribution in [2.45, 2.75) is 13.5 Å². The highest BCUT2D eigenvalue weighted by atomic mass is 15.3. The van der Waals surface area contributed by atoms with Gasteiger partial charge < -0.3 is 17.2 Å². The summed E-state index contributed by atoms with van der Waals surface area (Å²) >= 11 is 0. The first-order valence-electron chi connectivity index (χ1n) is 5.03. The van der Waals surface area contributed by atoms with E-state index in [2.05, 4.69) is 5.10 Å². The van der Waals surface area contributed by atoms with E-state index in [-0.39, 0.29) is 0 Å². The molecule has 0 aliphatic rings. The van der Waals surface area contributed by atoms with Gasteiger partial charge in [-0.15, -0.1) is 5.10 Å². The van der Waals surface area contributed by atoms with Gasteiger partial charge in [-0.25, -0.2) is 4.68 Å². The minimum Gasteiger partial charge on any atom is -0.383 e. The molecule has 0 atom stereocenters. The van der Waals surface area contributed by atoms with E-state index in [1.165, 1.54) is 5.56 Å². The Morgan fingerprint density at radius 1 is 1.19 bits per heavy atom. The highest BCUT2D eigenvalue weighted by Crippen LogP contribution is 2.22. The first-order chi connectivity index (χ1) is 7.63. The molecule has 0 aliphatic carbocycles. The number of rotatable bonds is 2. The van der Waals surface area contributed by atoms with Crippen LogP contribution in [0.2, 0.25) is 0 Å². The van der Waals surface area contributed by atoms with Gasteiger partial charge in [0.2, 0.25) is 0 Å². The quantitative estimate of drug-likeness (QED) is 0.693. The van der Waals surface area contributed by atoms with Crippen molar-refractivity contribution in [2.24, 2.45) is 5.73 Å². The lowest BCUT2D eigenvalue weighted by Gasteiger charge is -2.04. The van der Waals surface area contributed by atoms with Gasteiger partial charge in [0.05, 0.1) is 11.3 Å². The number of benzene rings is 1. The number of aryl methyl sites for hydroxylation is 1. The van der Waals surface area contributed by atoms with Gasteiger partial charge in [0.15, 0.2) is 5.82 Å². The minimum absolute atomic E-state index is 0.295. The summed E-state index contributed by atoms with van der Waals surface area (Å²) < 4.78 is 1.61. The highest BCUT2D eigenvalue weighted by Gasteiger charge is 2.12. The number of aromatic nitrogens is 2. The van der Waals surface area contributed by atoms with Crippen LogP contribution in [-0.2, 0) is 6.54 Å². The summed E-state index contributed by atoms with van der Waals surface area (Å²) in [5, 5.41) is 4.17. The molecule has 16 heavy (non-hydrogen) atoms. The molecule has 5 nitrogen and oxygen atoms in total. The molecule has 0 bridgehead atoms. The molecule has 1 heterocycles. The summed E-state index contributed by atoms with van der Waals surface area (Å²) in [7, 11) is 0. The molecule has 2 rings (SSSR count). The van der Waals surface area contributed by atoms with Crippen molar-refractivity contribution in [2.75, 3.05) is 11.5 Å². The Morgan fingerprint density at radius 2 is 1.81 bits per heavy atom. The SMILES string of the molecule is Cc1ccc(-n2nc(N)c(CN)c2N)cc1. The second kappa shape index (κ2) is 3.86. The molecule has 0 saturated heterocycles. The second-order valence-electron chi connectivity index (χ2n) is 3.70. The Balaban J connectivity index is 2.52. The van der Waals surface area contributed by atoms with Crippen LogP contribution in [0.3, 0.4) is 0 Å². The van der Waals surface area contributed by atoms with Crippen LogP contribution in [0.5, 0.6) is 0 Å². The van der Waals surface area contributed by atoms with Crippen molar-refractivity contribution in [3.63, 3.8) is 0 Å². The van der Waals surface area contributed by atoms with E-state index in [0.29, 0.717) is 23.7 Å². The van der Waals surface area contributed by atoms with Gasteiger partial charge in [-0.05, 0) is 19.1 Å². The van der Waals surface area contributed by atoms with E-state index in [1.807, 2.05) is 31.2 Å². The van der Waals surface area contributed by atoms with Gasteiger partial charge in [-0.3, -0.25) is 0 Å². The average molecular weight is 217 g/mol. The van der Waals surface area contributed by atoms with Gasteiger partial charge in [0.25, 0.3) is 0 Å². The van der Waals surface area contributed by atoms with Crippen LogP contribution in [-0.4, -0.2) is 9.78 Å². The zero-order chi connectivity index (χ0) is 11.7. The fraction of sp³-hybridized carbons (Fsp3) is 0.182. The van der Waals surface area contributed by atoms with Crippen molar-refractivity contribution < 1.29 is 0 Å². The molecule has 1 aromatic carbocycles. The summed E-state index contributed by atoms with van der Waals surface area (Å²) in [5.41, 5.74) is 20.0. The van der Waals surface area contributed by atoms with Gasteiger partial charge in [-0.1, -0.05) is 17.7 Å². The molecule has 0 amide bonds. The predicted molar refractivity (Wildman–Crippen MR) is 65.0 cm³/mol. The predicted octanol–water partition coefficient (Wildman–Crippen LogP) is 0.804. The third-order valence-electron chi connectivity index (χ3n) is 2.54. The fourth-order valence-corrected chi connectivity index (χ4v) is 1.57. The van der Waals surface area contributed by atoms with E-state index in [1.54, 1.807) is 4.68 Å². The van der Waals surface area contributed by atoms with Crippen LogP contribution >= 0.6 is 0 Å². The highest BCUT2D eigenvalue weighted by molar-refractivity contribution is 5.58. The van der Waals surface area contributed by atoms with Crippen LogP contribution in [0.1, 0.15) is 11.1 Å². The molecule has 0 spiro atoms.